The maximum Gasteiger partial charge on any atom is 0.269 e. The first-order valence-electron chi connectivity index (χ1n) is 6.77. The Morgan fingerprint density at radius 2 is 1.86 bits per heavy atom. The number of carbonyl (C=O) groups is 1. The molecule has 0 radical (unpaired) electrons. The highest BCUT2D eigenvalue weighted by molar-refractivity contribution is 5.93. The van der Waals surface area contributed by atoms with E-state index < -0.39 is 11.0 Å². The minimum absolute atomic E-state index is 0.0105. The van der Waals surface area contributed by atoms with Crippen LogP contribution in [-0.2, 0) is 11.2 Å². The fraction of sp³-hybridized carbons (Fsp3) is 0.188. The van der Waals surface area contributed by atoms with E-state index in [9.17, 15) is 20.0 Å². The van der Waals surface area contributed by atoms with Gasteiger partial charge in [-0.2, -0.15) is 0 Å². The minimum atomic E-state index is -0.684. The van der Waals surface area contributed by atoms with Crippen LogP contribution in [0.2, 0.25) is 0 Å². The number of aliphatic hydroxyl groups is 1. The number of aliphatic hydroxyl groups excluding tert-OH is 1. The third kappa shape index (κ3) is 3.89. The van der Waals surface area contributed by atoms with Gasteiger partial charge in [0.05, 0.1) is 17.4 Å². The van der Waals surface area contributed by atoms with E-state index in [-0.39, 0.29) is 18.0 Å². The Morgan fingerprint density at radius 3 is 2.45 bits per heavy atom. The summed E-state index contributed by atoms with van der Waals surface area (Å²) in [5.41, 5.74) is 1.87. The molecule has 2 N–H and O–H groups in total. The second-order valence-electron chi connectivity index (χ2n) is 4.91. The third-order valence-electron chi connectivity index (χ3n) is 3.20. The third-order valence-corrected chi connectivity index (χ3v) is 3.20. The lowest BCUT2D eigenvalue weighted by Crippen LogP contribution is -2.16. The van der Waals surface area contributed by atoms with E-state index in [1.165, 1.54) is 12.1 Å². The van der Waals surface area contributed by atoms with Gasteiger partial charge in [0.25, 0.3) is 5.69 Å². The quantitative estimate of drug-likeness (QED) is 0.656. The Labute approximate surface area is 127 Å². The van der Waals surface area contributed by atoms with E-state index in [2.05, 4.69) is 5.32 Å². The van der Waals surface area contributed by atoms with Crippen molar-refractivity contribution in [1.82, 2.24) is 0 Å². The van der Waals surface area contributed by atoms with Gasteiger partial charge in [-0.3, -0.25) is 14.9 Å². The van der Waals surface area contributed by atoms with Crippen molar-refractivity contribution in [3.63, 3.8) is 0 Å². The van der Waals surface area contributed by atoms with Crippen LogP contribution in [0.5, 0.6) is 0 Å². The zero-order valence-corrected chi connectivity index (χ0v) is 12.0. The molecule has 0 bridgehead atoms. The average molecular weight is 300 g/mol. The summed E-state index contributed by atoms with van der Waals surface area (Å²) in [6, 6.07) is 12.9. The molecule has 0 aliphatic carbocycles. The van der Waals surface area contributed by atoms with Gasteiger partial charge in [0.2, 0.25) is 5.91 Å². The summed E-state index contributed by atoms with van der Waals surface area (Å²) >= 11 is 0. The van der Waals surface area contributed by atoms with E-state index in [0.717, 1.165) is 0 Å². The molecule has 0 aliphatic heterocycles. The number of non-ortho nitro benzene ring substituents is 1. The van der Waals surface area contributed by atoms with Crippen molar-refractivity contribution in [2.75, 3.05) is 5.32 Å². The second kappa shape index (κ2) is 6.82. The highest BCUT2D eigenvalue weighted by atomic mass is 16.6. The highest BCUT2D eigenvalue weighted by Crippen LogP contribution is 2.22. The molecule has 0 aromatic heterocycles. The van der Waals surface area contributed by atoms with Crippen molar-refractivity contribution in [1.29, 1.82) is 0 Å². The molecule has 1 atom stereocenters. The Bertz CT molecular complexity index is 681. The summed E-state index contributed by atoms with van der Waals surface area (Å²) in [4.78, 5) is 22.1. The predicted octanol–water partition coefficient (Wildman–Crippen LogP) is 2.83. The van der Waals surface area contributed by atoms with Gasteiger partial charge in [-0.05, 0) is 18.6 Å². The summed E-state index contributed by atoms with van der Waals surface area (Å²) in [7, 11) is 0. The lowest BCUT2D eigenvalue weighted by atomic mass is 10.1. The number of para-hydroxylation sites is 1. The number of anilines is 1. The molecule has 6 heteroatoms. The van der Waals surface area contributed by atoms with Gasteiger partial charge in [0, 0.05) is 23.4 Å². The summed E-state index contributed by atoms with van der Waals surface area (Å²) in [5.74, 6) is -0.248. The Balaban J connectivity index is 2.06. The van der Waals surface area contributed by atoms with Gasteiger partial charge in [-0.1, -0.05) is 30.3 Å². The minimum Gasteiger partial charge on any atom is -0.389 e. The van der Waals surface area contributed by atoms with Crippen LogP contribution in [0.25, 0.3) is 0 Å². The van der Waals surface area contributed by atoms with Crippen molar-refractivity contribution in [2.45, 2.75) is 19.4 Å². The lowest BCUT2D eigenvalue weighted by Gasteiger charge is -2.13. The number of hydrogen-bond acceptors (Lipinski definition) is 4. The van der Waals surface area contributed by atoms with Gasteiger partial charge in [-0.15, -0.1) is 0 Å². The molecular formula is C16H16N2O4. The summed E-state index contributed by atoms with van der Waals surface area (Å²) in [5, 5.41) is 23.0. The number of nitro benzene ring substituents is 1. The zero-order chi connectivity index (χ0) is 16.1. The SMILES string of the molecule is CC(O)c1ccccc1NC(=O)Cc1ccc([N+](=O)[O-])cc1. The van der Waals surface area contributed by atoms with Crippen LogP contribution in [0.15, 0.2) is 48.5 Å². The van der Waals surface area contributed by atoms with Gasteiger partial charge in [0.1, 0.15) is 0 Å². The normalized spacial score (nSPS) is 11.7. The maximum atomic E-state index is 12.0. The number of rotatable bonds is 5. The number of nitrogens with zero attached hydrogens (tertiary/aromatic N) is 1. The molecule has 6 nitrogen and oxygen atoms in total. The molecular weight excluding hydrogens is 284 g/mol. The molecule has 2 aromatic rings. The molecule has 0 aliphatic rings. The first kappa shape index (κ1) is 15.7. The Kier molecular flexibility index (Phi) is 4.85. The van der Waals surface area contributed by atoms with E-state index in [1.807, 2.05) is 0 Å². The van der Waals surface area contributed by atoms with Crippen LogP contribution < -0.4 is 5.32 Å². The van der Waals surface area contributed by atoms with E-state index in [1.54, 1.807) is 43.3 Å². The summed E-state index contributed by atoms with van der Waals surface area (Å²) in [6.45, 7) is 1.63. The fourth-order valence-electron chi connectivity index (χ4n) is 2.09. The Hall–Kier alpha value is -2.73. The van der Waals surface area contributed by atoms with Crippen molar-refractivity contribution in [3.05, 3.63) is 69.8 Å². The molecule has 2 rings (SSSR count). The molecule has 0 saturated heterocycles. The molecule has 114 valence electrons. The van der Waals surface area contributed by atoms with Crippen LogP contribution in [0.3, 0.4) is 0 Å². The smallest absolute Gasteiger partial charge is 0.269 e. The number of nitrogens with one attached hydrogen (secondary N) is 1. The Morgan fingerprint density at radius 1 is 1.23 bits per heavy atom. The molecule has 2 aromatic carbocycles. The van der Waals surface area contributed by atoms with E-state index in [0.29, 0.717) is 16.8 Å². The molecule has 0 heterocycles. The second-order valence-corrected chi connectivity index (χ2v) is 4.91. The van der Waals surface area contributed by atoms with E-state index in [4.69, 9.17) is 0 Å². The van der Waals surface area contributed by atoms with Gasteiger partial charge in [0.15, 0.2) is 0 Å². The topological polar surface area (TPSA) is 92.5 Å². The molecule has 0 saturated carbocycles. The van der Waals surface area contributed by atoms with Crippen molar-refractivity contribution < 1.29 is 14.8 Å². The lowest BCUT2D eigenvalue weighted by molar-refractivity contribution is -0.384. The van der Waals surface area contributed by atoms with Crippen molar-refractivity contribution in [3.8, 4) is 0 Å². The maximum absolute atomic E-state index is 12.0. The van der Waals surface area contributed by atoms with Crippen LogP contribution >= 0.6 is 0 Å². The van der Waals surface area contributed by atoms with Crippen molar-refractivity contribution in [2.24, 2.45) is 0 Å². The standard InChI is InChI=1S/C16H16N2O4/c1-11(19)14-4-2-3-5-15(14)17-16(20)10-12-6-8-13(9-7-12)18(21)22/h2-9,11,19H,10H2,1H3,(H,17,20). The number of benzene rings is 2. The van der Waals surface area contributed by atoms with Crippen LogP contribution in [-0.4, -0.2) is 15.9 Å². The first-order valence-corrected chi connectivity index (χ1v) is 6.77. The highest BCUT2D eigenvalue weighted by Gasteiger charge is 2.11. The van der Waals surface area contributed by atoms with Gasteiger partial charge < -0.3 is 10.4 Å². The average Bonchev–Trinajstić information content (AvgIpc) is 2.48. The zero-order valence-electron chi connectivity index (χ0n) is 12.0. The van der Waals surface area contributed by atoms with Crippen molar-refractivity contribution >= 4 is 17.3 Å². The largest absolute Gasteiger partial charge is 0.389 e. The number of nitro groups is 1. The summed E-state index contributed by atoms with van der Waals surface area (Å²) < 4.78 is 0. The van der Waals surface area contributed by atoms with Gasteiger partial charge >= 0.3 is 0 Å². The summed E-state index contributed by atoms with van der Waals surface area (Å²) in [6.07, 6.45) is -0.581. The molecule has 1 amide bonds. The molecule has 22 heavy (non-hydrogen) atoms. The van der Waals surface area contributed by atoms with Crippen LogP contribution in [0.1, 0.15) is 24.2 Å². The van der Waals surface area contributed by atoms with E-state index >= 15 is 0 Å². The number of carbonyl (C=O) groups excluding carboxylic acids is 1. The predicted molar refractivity (Wildman–Crippen MR) is 82.5 cm³/mol. The van der Waals surface area contributed by atoms with Crippen LogP contribution in [0, 0.1) is 10.1 Å². The molecule has 0 fully saturated rings. The van der Waals surface area contributed by atoms with Gasteiger partial charge in [-0.25, -0.2) is 0 Å². The molecule has 1 unspecified atom stereocenters. The van der Waals surface area contributed by atoms with Crippen LogP contribution in [0.4, 0.5) is 11.4 Å². The monoisotopic (exact) mass is 300 g/mol. The first-order chi connectivity index (χ1) is 10.5. The fourth-order valence-corrected chi connectivity index (χ4v) is 2.09. The number of hydrogen-bond donors (Lipinski definition) is 2. The number of amides is 1. The molecule has 0 spiro atoms.